The summed E-state index contributed by atoms with van der Waals surface area (Å²) in [6.07, 6.45) is 2.47. The Morgan fingerprint density at radius 1 is 1.25 bits per heavy atom. The lowest BCUT2D eigenvalue weighted by atomic mass is 10.3. The molecule has 1 rings (SSSR count). The van der Waals surface area contributed by atoms with Crippen molar-refractivity contribution in [3.8, 4) is 5.75 Å². The number of hydrogen-bond donors (Lipinski definition) is 0. The van der Waals surface area contributed by atoms with Gasteiger partial charge in [-0.1, -0.05) is 13.3 Å². The third kappa shape index (κ3) is 3.18. The Labute approximate surface area is 77.8 Å². The van der Waals surface area contributed by atoms with Crippen molar-refractivity contribution in [3.63, 3.8) is 0 Å². The van der Waals surface area contributed by atoms with E-state index in [9.17, 15) is 5.11 Å². The standard InChI is InChI=1S/C10H13OS/c1-2-3-8-12-10-6-4-9(11)5-7-10/h4-7H,2-3,8H2,1H3. The number of hydrogen-bond acceptors (Lipinski definition) is 1. The summed E-state index contributed by atoms with van der Waals surface area (Å²) in [6.45, 7) is 2.18. The first-order valence-corrected chi connectivity index (χ1v) is 5.21. The fourth-order valence-corrected chi connectivity index (χ4v) is 1.87. The molecule has 0 aromatic heterocycles. The Morgan fingerprint density at radius 3 is 2.50 bits per heavy atom. The van der Waals surface area contributed by atoms with Crippen LogP contribution >= 0.6 is 11.8 Å². The zero-order chi connectivity index (χ0) is 8.81. The fourth-order valence-electron chi connectivity index (χ4n) is 0.870. The Bertz CT molecular complexity index is 218. The molecule has 0 unspecified atom stereocenters. The van der Waals surface area contributed by atoms with Crippen LogP contribution < -0.4 is 0 Å². The van der Waals surface area contributed by atoms with Gasteiger partial charge >= 0.3 is 0 Å². The molecule has 0 fully saturated rings. The van der Waals surface area contributed by atoms with Gasteiger partial charge in [0.25, 0.3) is 0 Å². The van der Waals surface area contributed by atoms with Gasteiger partial charge in [-0.05, 0) is 36.4 Å². The number of thioether (sulfide) groups is 1. The Morgan fingerprint density at radius 2 is 1.92 bits per heavy atom. The van der Waals surface area contributed by atoms with Gasteiger partial charge in [0.2, 0.25) is 0 Å². The van der Waals surface area contributed by atoms with E-state index in [-0.39, 0.29) is 5.75 Å². The van der Waals surface area contributed by atoms with Crippen LogP contribution in [0.15, 0.2) is 29.2 Å². The van der Waals surface area contributed by atoms with E-state index in [1.165, 1.54) is 17.7 Å². The molecule has 0 aliphatic rings. The van der Waals surface area contributed by atoms with E-state index in [4.69, 9.17) is 0 Å². The molecule has 0 saturated heterocycles. The Balaban J connectivity index is 2.37. The first kappa shape index (κ1) is 9.46. The average molecular weight is 181 g/mol. The molecule has 0 atom stereocenters. The Kier molecular flexibility index (Phi) is 4.01. The van der Waals surface area contributed by atoms with Crippen LogP contribution in [0.4, 0.5) is 0 Å². The number of benzene rings is 1. The quantitative estimate of drug-likeness (QED) is 0.512. The minimum atomic E-state index is 0.0924. The van der Waals surface area contributed by atoms with Crippen molar-refractivity contribution in [2.45, 2.75) is 24.7 Å². The van der Waals surface area contributed by atoms with Gasteiger partial charge in [-0.2, -0.15) is 0 Å². The molecule has 0 aliphatic heterocycles. The van der Waals surface area contributed by atoms with Crippen molar-refractivity contribution in [1.29, 1.82) is 0 Å². The van der Waals surface area contributed by atoms with E-state index < -0.39 is 0 Å². The highest BCUT2D eigenvalue weighted by Crippen LogP contribution is 2.21. The summed E-state index contributed by atoms with van der Waals surface area (Å²) >= 11 is 1.81. The lowest BCUT2D eigenvalue weighted by Gasteiger charge is -1.98. The normalized spacial score (nSPS) is 10.1. The summed E-state index contributed by atoms with van der Waals surface area (Å²) in [5.41, 5.74) is 0. The molecule has 12 heavy (non-hydrogen) atoms. The Hall–Kier alpha value is -0.630. The summed E-state index contributed by atoms with van der Waals surface area (Å²) in [5.74, 6) is 1.24. The third-order valence-electron chi connectivity index (χ3n) is 1.59. The molecule has 0 bridgehead atoms. The monoisotopic (exact) mass is 181 g/mol. The highest BCUT2D eigenvalue weighted by Gasteiger charge is 1.93. The van der Waals surface area contributed by atoms with Crippen LogP contribution in [0.25, 0.3) is 0 Å². The van der Waals surface area contributed by atoms with Crippen molar-refractivity contribution in [2.24, 2.45) is 0 Å². The van der Waals surface area contributed by atoms with Gasteiger partial charge in [-0.25, -0.2) is 0 Å². The summed E-state index contributed by atoms with van der Waals surface area (Å²) in [7, 11) is 0. The van der Waals surface area contributed by atoms with E-state index in [0.717, 1.165) is 5.75 Å². The molecule has 0 N–H and O–H groups in total. The minimum absolute atomic E-state index is 0.0924. The van der Waals surface area contributed by atoms with E-state index in [1.54, 1.807) is 12.1 Å². The van der Waals surface area contributed by atoms with Gasteiger partial charge in [-0.15, -0.1) is 11.8 Å². The van der Waals surface area contributed by atoms with Crippen LogP contribution in [-0.4, -0.2) is 5.75 Å². The molecule has 0 heterocycles. The molecule has 65 valence electrons. The molecule has 1 aromatic rings. The number of rotatable bonds is 4. The third-order valence-corrected chi connectivity index (χ3v) is 2.69. The predicted molar refractivity (Wildman–Crippen MR) is 52.2 cm³/mol. The van der Waals surface area contributed by atoms with Gasteiger partial charge in [0.1, 0.15) is 0 Å². The first-order chi connectivity index (χ1) is 5.83. The summed E-state index contributed by atoms with van der Waals surface area (Å²) in [4.78, 5) is 1.20. The maximum absolute atomic E-state index is 10.7. The van der Waals surface area contributed by atoms with Crippen molar-refractivity contribution in [3.05, 3.63) is 24.3 Å². The van der Waals surface area contributed by atoms with E-state index in [2.05, 4.69) is 6.92 Å². The van der Waals surface area contributed by atoms with Crippen LogP contribution in [-0.2, 0) is 5.11 Å². The zero-order valence-electron chi connectivity index (χ0n) is 7.25. The van der Waals surface area contributed by atoms with E-state index in [1.807, 2.05) is 23.9 Å². The zero-order valence-corrected chi connectivity index (χ0v) is 8.06. The average Bonchev–Trinajstić information content (AvgIpc) is 2.09. The SMILES string of the molecule is CCCCSc1ccc([O])cc1. The van der Waals surface area contributed by atoms with Crippen LogP contribution in [0.1, 0.15) is 19.8 Å². The number of unbranched alkanes of at least 4 members (excludes halogenated alkanes) is 1. The lowest BCUT2D eigenvalue weighted by Crippen LogP contribution is -1.77. The maximum Gasteiger partial charge on any atom is 0.178 e. The highest BCUT2D eigenvalue weighted by atomic mass is 32.2. The highest BCUT2D eigenvalue weighted by molar-refractivity contribution is 7.99. The molecule has 1 nitrogen and oxygen atoms in total. The molecule has 0 saturated carbocycles. The lowest BCUT2D eigenvalue weighted by molar-refractivity contribution is 0.354. The summed E-state index contributed by atoms with van der Waals surface area (Å²) in [5, 5.41) is 10.7. The molecule has 0 aliphatic carbocycles. The second-order valence-corrected chi connectivity index (χ2v) is 3.84. The van der Waals surface area contributed by atoms with Crippen LogP contribution in [0.3, 0.4) is 0 Å². The van der Waals surface area contributed by atoms with Gasteiger partial charge < -0.3 is 0 Å². The van der Waals surface area contributed by atoms with Crippen LogP contribution in [0.5, 0.6) is 5.75 Å². The van der Waals surface area contributed by atoms with Crippen LogP contribution in [0, 0.1) is 0 Å². The van der Waals surface area contributed by atoms with Crippen molar-refractivity contribution in [2.75, 3.05) is 5.75 Å². The maximum atomic E-state index is 10.7. The molecule has 0 amide bonds. The van der Waals surface area contributed by atoms with Gasteiger partial charge in [0.15, 0.2) is 5.75 Å². The molecule has 1 aromatic carbocycles. The summed E-state index contributed by atoms with van der Waals surface area (Å²) < 4.78 is 0. The van der Waals surface area contributed by atoms with Gasteiger partial charge in [0, 0.05) is 4.90 Å². The molecular formula is C10H13OS. The minimum Gasteiger partial charge on any atom is -0.290 e. The fraction of sp³-hybridized carbons (Fsp3) is 0.400. The predicted octanol–water partition coefficient (Wildman–Crippen LogP) is 3.72. The topological polar surface area (TPSA) is 19.9 Å². The van der Waals surface area contributed by atoms with Gasteiger partial charge in [0.05, 0.1) is 0 Å². The largest absolute Gasteiger partial charge is 0.290 e. The molecular weight excluding hydrogens is 168 g/mol. The van der Waals surface area contributed by atoms with Crippen molar-refractivity contribution in [1.82, 2.24) is 0 Å². The molecule has 0 spiro atoms. The van der Waals surface area contributed by atoms with E-state index >= 15 is 0 Å². The van der Waals surface area contributed by atoms with E-state index in [0.29, 0.717) is 0 Å². The molecule has 2 heteroatoms. The van der Waals surface area contributed by atoms with Gasteiger partial charge in [-0.3, -0.25) is 5.11 Å². The van der Waals surface area contributed by atoms with Crippen molar-refractivity contribution < 1.29 is 5.11 Å². The van der Waals surface area contributed by atoms with Crippen molar-refractivity contribution >= 4 is 11.8 Å². The second-order valence-electron chi connectivity index (χ2n) is 2.67. The smallest absolute Gasteiger partial charge is 0.178 e. The first-order valence-electron chi connectivity index (χ1n) is 4.23. The summed E-state index contributed by atoms with van der Waals surface area (Å²) in [6, 6.07) is 7.02. The van der Waals surface area contributed by atoms with Crippen LogP contribution in [0.2, 0.25) is 0 Å². The second kappa shape index (κ2) is 5.09. The molecule has 1 radical (unpaired) electrons.